The second kappa shape index (κ2) is 9.13. The van der Waals surface area contributed by atoms with Gasteiger partial charge in [0.05, 0.1) is 17.5 Å². The second-order valence-corrected chi connectivity index (χ2v) is 7.82. The molecule has 7 heteroatoms. The van der Waals surface area contributed by atoms with E-state index in [2.05, 4.69) is 24.1 Å². The lowest BCUT2D eigenvalue weighted by Gasteiger charge is -2.22. The van der Waals surface area contributed by atoms with E-state index in [1.165, 1.54) is 0 Å². The molecule has 0 aliphatic rings. The van der Waals surface area contributed by atoms with Gasteiger partial charge in [0.15, 0.2) is 0 Å². The van der Waals surface area contributed by atoms with Gasteiger partial charge in [-0.3, -0.25) is 14.6 Å². The molecule has 1 atom stereocenters. The lowest BCUT2D eigenvalue weighted by atomic mass is 9.93. The summed E-state index contributed by atoms with van der Waals surface area (Å²) >= 11 is 6.43. The number of hydrogen-bond acceptors (Lipinski definition) is 4. The van der Waals surface area contributed by atoms with Crippen LogP contribution in [0.3, 0.4) is 0 Å². The number of phenolic OH excluding ortho intramolecular Hbond substituents is 1. The fraction of sp³-hybridized carbons (Fsp3) is 0.261. The van der Waals surface area contributed by atoms with Crippen molar-refractivity contribution in [2.24, 2.45) is 0 Å². The minimum atomic E-state index is -1.05. The van der Waals surface area contributed by atoms with E-state index in [-0.39, 0.29) is 18.6 Å². The highest BCUT2D eigenvalue weighted by Crippen LogP contribution is 2.38. The predicted octanol–water partition coefficient (Wildman–Crippen LogP) is 4.79. The normalized spacial score (nSPS) is 12.1. The number of pyridine rings is 1. The third-order valence-electron chi connectivity index (χ3n) is 4.96. The van der Waals surface area contributed by atoms with Crippen LogP contribution >= 0.6 is 11.6 Å². The number of aromatic hydroxyl groups is 1. The van der Waals surface area contributed by atoms with Crippen LogP contribution in [0.5, 0.6) is 5.75 Å². The minimum absolute atomic E-state index is 0.0773. The van der Waals surface area contributed by atoms with Crippen LogP contribution in [-0.2, 0) is 9.59 Å². The fourth-order valence-corrected chi connectivity index (χ4v) is 3.56. The molecule has 2 aromatic carbocycles. The number of fused-ring (bicyclic) bond motifs is 1. The molecule has 1 heterocycles. The lowest BCUT2D eigenvalue weighted by molar-refractivity contribution is -0.138. The molecule has 0 bridgehead atoms. The van der Waals surface area contributed by atoms with Crippen LogP contribution in [0.2, 0.25) is 5.02 Å². The molecule has 0 aliphatic heterocycles. The van der Waals surface area contributed by atoms with Gasteiger partial charge in [0.1, 0.15) is 11.3 Å². The standard InChI is InChI=1S/C23H23ClN2O4/c1-13(2)14-5-7-15(8-6-14)21(26-19(27)9-10-20(28)29)17-12-18(24)16-4-3-11-25-22(16)23(17)30/h3-8,11-13,21,30H,9-10H2,1-2H3,(H,26,27)(H,28,29). The second-order valence-electron chi connectivity index (χ2n) is 7.41. The summed E-state index contributed by atoms with van der Waals surface area (Å²) in [6, 6.07) is 12.1. The average Bonchev–Trinajstić information content (AvgIpc) is 2.73. The van der Waals surface area contributed by atoms with Gasteiger partial charge in [0, 0.05) is 23.6 Å². The molecular weight excluding hydrogens is 404 g/mol. The highest BCUT2D eigenvalue weighted by molar-refractivity contribution is 6.35. The molecule has 3 aromatic rings. The van der Waals surface area contributed by atoms with Crippen LogP contribution in [0, 0.1) is 0 Å². The van der Waals surface area contributed by atoms with E-state index in [0.29, 0.717) is 27.4 Å². The number of nitrogens with zero attached hydrogens (tertiary/aromatic N) is 1. The Labute approximate surface area is 179 Å². The van der Waals surface area contributed by atoms with E-state index in [0.717, 1.165) is 11.1 Å². The molecule has 0 spiro atoms. The van der Waals surface area contributed by atoms with Gasteiger partial charge in [-0.2, -0.15) is 0 Å². The number of nitrogens with one attached hydrogen (secondary N) is 1. The van der Waals surface area contributed by atoms with Crippen molar-refractivity contribution in [1.29, 1.82) is 0 Å². The van der Waals surface area contributed by atoms with Crippen molar-refractivity contribution < 1.29 is 19.8 Å². The van der Waals surface area contributed by atoms with E-state index in [1.807, 2.05) is 24.3 Å². The molecule has 1 aromatic heterocycles. The van der Waals surface area contributed by atoms with Crippen molar-refractivity contribution in [3.8, 4) is 5.75 Å². The summed E-state index contributed by atoms with van der Waals surface area (Å²) in [7, 11) is 0. The molecule has 0 aliphatic carbocycles. The van der Waals surface area contributed by atoms with Gasteiger partial charge < -0.3 is 15.5 Å². The van der Waals surface area contributed by atoms with Crippen molar-refractivity contribution in [2.45, 2.75) is 38.6 Å². The molecule has 1 amide bonds. The smallest absolute Gasteiger partial charge is 0.303 e. The zero-order valence-corrected chi connectivity index (χ0v) is 17.5. The summed E-state index contributed by atoms with van der Waals surface area (Å²) in [5.74, 6) is -1.22. The summed E-state index contributed by atoms with van der Waals surface area (Å²) in [5, 5.41) is 23.6. The maximum atomic E-state index is 12.4. The van der Waals surface area contributed by atoms with Gasteiger partial charge in [-0.15, -0.1) is 0 Å². The van der Waals surface area contributed by atoms with Crippen molar-refractivity contribution >= 4 is 34.4 Å². The lowest BCUT2D eigenvalue weighted by Crippen LogP contribution is -2.29. The summed E-state index contributed by atoms with van der Waals surface area (Å²) in [5.41, 5.74) is 2.61. The van der Waals surface area contributed by atoms with Crippen molar-refractivity contribution in [1.82, 2.24) is 10.3 Å². The van der Waals surface area contributed by atoms with E-state index in [4.69, 9.17) is 16.7 Å². The number of carboxylic acids is 1. The zero-order chi connectivity index (χ0) is 21.8. The molecule has 0 saturated heterocycles. The van der Waals surface area contributed by atoms with Gasteiger partial charge >= 0.3 is 5.97 Å². The Balaban J connectivity index is 2.07. The number of phenols is 1. The number of carbonyl (C=O) groups excluding carboxylic acids is 1. The minimum Gasteiger partial charge on any atom is -0.505 e. The first-order valence-electron chi connectivity index (χ1n) is 9.65. The first-order chi connectivity index (χ1) is 14.3. The highest BCUT2D eigenvalue weighted by atomic mass is 35.5. The van der Waals surface area contributed by atoms with Crippen LogP contribution in [0.15, 0.2) is 48.7 Å². The quantitative estimate of drug-likeness (QED) is 0.504. The third-order valence-corrected chi connectivity index (χ3v) is 5.28. The number of aromatic nitrogens is 1. The topological polar surface area (TPSA) is 99.5 Å². The molecule has 3 N–H and O–H groups in total. The van der Waals surface area contributed by atoms with Crippen LogP contribution in [0.1, 0.15) is 55.3 Å². The monoisotopic (exact) mass is 426 g/mol. The van der Waals surface area contributed by atoms with Crippen LogP contribution in [-0.4, -0.2) is 27.1 Å². The number of aliphatic carboxylic acids is 1. The molecule has 156 valence electrons. The molecule has 30 heavy (non-hydrogen) atoms. The number of rotatable bonds is 7. The molecule has 3 rings (SSSR count). The largest absolute Gasteiger partial charge is 0.505 e. The number of halogens is 1. The first kappa shape index (κ1) is 21.6. The van der Waals surface area contributed by atoms with Gasteiger partial charge in [0.2, 0.25) is 5.91 Å². The molecule has 0 saturated carbocycles. The Morgan fingerprint density at radius 1 is 1.10 bits per heavy atom. The SMILES string of the molecule is CC(C)c1ccc(C(NC(=O)CCC(=O)O)c2cc(Cl)c3cccnc3c2O)cc1. The molecule has 0 radical (unpaired) electrons. The van der Waals surface area contributed by atoms with Gasteiger partial charge in [0.25, 0.3) is 0 Å². The van der Waals surface area contributed by atoms with E-state index >= 15 is 0 Å². The summed E-state index contributed by atoms with van der Waals surface area (Å²) in [6.45, 7) is 4.17. The van der Waals surface area contributed by atoms with Crippen LogP contribution in [0.25, 0.3) is 10.9 Å². The number of carbonyl (C=O) groups is 2. The Kier molecular flexibility index (Phi) is 6.57. The summed E-state index contributed by atoms with van der Waals surface area (Å²) < 4.78 is 0. The maximum Gasteiger partial charge on any atom is 0.303 e. The Hall–Kier alpha value is -3.12. The number of amides is 1. The van der Waals surface area contributed by atoms with Crippen molar-refractivity contribution in [3.63, 3.8) is 0 Å². The number of carboxylic acid groups (broad SMARTS) is 1. The van der Waals surface area contributed by atoms with E-state index in [9.17, 15) is 14.7 Å². The summed E-state index contributed by atoms with van der Waals surface area (Å²) in [4.78, 5) is 27.5. The van der Waals surface area contributed by atoms with Gasteiger partial charge in [-0.05, 0) is 35.2 Å². The first-order valence-corrected chi connectivity index (χ1v) is 10.0. The van der Waals surface area contributed by atoms with Gasteiger partial charge in [-0.1, -0.05) is 49.7 Å². The van der Waals surface area contributed by atoms with Crippen LogP contribution < -0.4 is 5.32 Å². The Morgan fingerprint density at radius 3 is 2.40 bits per heavy atom. The Bertz CT molecular complexity index is 1080. The number of benzene rings is 2. The molecule has 0 fully saturated rings. The molecular formula is C23H23ClN2O4. The predicted molar refractivity (Wildman–Crippen MR) is 116 cm³/mol. The van der Waals surface area contributed by atoms with E-state index in [1.54, 1.807) is 24.4 Å². The summed E-state index contributed by atoms with van der Waals surface area (Å²) in [6.07, 6.45) is 1.10. The maximum absolute atomic E-state index is 12.4. The van der Waals surface area contributed by atoms with Crippen LogP contribution in [0.4, 0.5) is 0 Å². The molecule has 6 nitrogen and oxygen atoms in total. The highest BCUT2D eigenvalue weighted by Gasteiger charge is 2.23. The average molecular weight is 427 g/mol. The molecule has 1 unspecified atom stereocenters. The van der Waals surface area contributed by atoms with E-state index < -0.39 is 17.9 Å². The Morgan fingerprint density at radius 2 is 1.77 bits per heavy atom. The number of hydrogen-bond donors (Lipinski definition) is 3. The van der Waals surface area contributed by atoms with Crippen molar-refractivity contribution in [2.75, 3.05) is 0 Å². The zero-order valence-electron chi connectivity index (χ0n) is 16.7. The third kappa shape index (κ3) is 4.71. The fourth-order valence-electron chi connectivity index (χ4n) is 3.29. The van der Waals surface area contributed by atoms with Gasteiger partial charge in [-0.25, -0.2) is 0 Å². The van der Waals surface area contributed by atoms with Crippen molar-refractivity contribution in [3.05, 3.63) is 70.4 Å².